The van der Waals surface area contributed by atoms with Gasteiger partial charge in [-0.1, -0.05) is 23.7 Å². The number of nitrogens with zero attached hydrogens (tertiary/aromatic N) is 3. The van der Waals surface area contributed by atoms with E-state index in [0.29, 0.717) is 29.7 Å². The molecule has 0 unspecified atom stereocenters. The van der Waals surface area contributed by atoms with Crippen LogP contribution in [-0.4, -0.2) is 50.8 Å². The zero-order valence-corrected chi connectivity index (χ0v) is 20.1. The van der Waals surface area contributed by atoms with Gasteiger partial charge in [-0.25, -0.2) is 0 Å². The van der Waals surface area contributed by atoms with Crippen molar-refractivity contribution in [1.29, 1.82) is 0 Å². The first-order chi connectivity index (χ1) is 16.6. The molecule has 3 aliphatic rings. The molecule has 3 N–H and O–H groups in total. The van der Waals surface area contributed by atoms with Crippen molar-refractivity contribution in [2.75, 3.05) is 19.6 Å². The lowest BCUT2D eigenvalue weighted by atomic mass is 9.72. The minimum absolute atomic E-state index is 0.343. The fourth-order valence-corrected chi connectivity index (χ4v) is 5.99. The van der Waals surface area contributed by atoms with E-state index in [1.165, 1.54) is 31.5 Å². The molecule has 34 heavy (non-hydrogen) atoms. The second kappa shape index (κ2) is 10.2. The zero-order valence-electron chi connectivity index (χ0n) is 19.3. The third-order valence-corrected chi connectivity index (χ3v) is 8.05. The van der Waals surface area contributed by atoms with Crippen molar-refractivity contribution in [2.45, 2.75) is 44.9 Å². The second-order valence-electron chi connectivity index (χ2n) is 9.80. The van der Waals surface area contributed by atoms with Crippen molar-refractivity contribution in [3.63, 3.8) is 0 Å². The highest BCUT2D eigenvalue weighted by Crippen LogP contribution is 2.39. The third-order valence-electron chi connectivity index (χ3n) is 7.72. The summed E-state index contributed by atoms with van der Waals surface area (Å²) in [5, 5.41) is 21.9. The minimum Gasteiger partial charge on any atom is -0.481 e. The molecule has 1 aromatic heterocycles. The molecule has 2 aromatic rings. The lowest BCUT2D eigenvalue weighted by molar-refractivity contribution is -0.138. The lowest BCUT2D eigenvalue weighted by Crippen LogP contribution is -2.41. The van der Waals surface area contributed by atoms with E-state index in [0.717, 1.165) is 54.7 Å². The van der Waals surface area contributed by atoms with E-state index in [1.54, 1.807) is 0 Å². The molecule has 2 aliphatic heterocycles. The van der Waals surface area contributed by atoms with Gasteiger partial charge in [0.1, 0.15) is 5.82 Å². The number of rotatable bonds is 6. The number of dihydropyridines is 1. The molecular formula is C26H32ClN5O2. The number of hydrogen-bond acceptors (Lipinski definition) is 5. The normalized spacial score (nSPS) is 23.7. The van der Waals surface area contributed by atoms with Crippen LogP contribution < -0.4 is 5.32 Å². The Morgan fingerprint density at radius 2 is 1.71 bits per heavy atom. The Bertz CT molecular complexity index is 1080. The largest absolute Gasteiger partial charge is 0.481 e. The van der Waals surface area contributed by atoms with E-state index >= 15 is 0 Å². The molecule has 0 bridgehead atoms. The number of halogens is 1. The van der Waals surface area contributed by atoms with Crippen molar-refractivity contribution in [1.82, 2.24) is 25.4 Å². The fourth-order valence-electron chi connectivity index (χ4n) is 5.77. The lowest BCUT2D eigenvalue weighted by Gasteiger charge is -2.41. The number of hydrogen-bond donors (Lipinski definition) is 3. The van der Waals surface area contributed by atoms with Gasteiger partial charge in [-0.2, -0.15) is 0 Å². The van der Waals surface area contributed by atoms with Crippen LogP contribution in [0.5, 0.6) is 0 Å². The summed E-state index contributed by atoms with van der Waals surface area (Å²) in [6.45, 7) is 2.85. The summed E-state index contributed by atoms with van der Waals surface area (Å²) >= 11 is 6.29. The van der Waals surface area contributed by atoms with Crippen LogP contribution in [0, 0.1) is 17.8 Å². The van der Waals surface area contributed by atoms with E-state index < -0.39 is 5.97 Å². The van der Waals surface area contributed by atoms with Gasteiger partial charge in [0.15, 0.2) is 11.6 Å². The summed E-state index contributed by atoms with van der Waals surface area (Å²) in [6.07, 6.45) is 11.6. The molecule has 8 heteroatoms. The number of allylic oxidation sites excluding steroid dienone is 2. The minimum atomic E-state index is -0.647. The molecule has 2 fully saturated rings. The van der Waals surface area contributed by atoms with Gasteiger partial charge in [-0.05, 0) is 80.6 Å². The Morgan fingerprint density at radius 1 is 1.00 bits per heavy atom. The molecule has 1 saturated carbocycles. The number of nitrogens with one attached hydrogen (secondary N) is 2. The predicted octanol–water partition coefficient (Wildman–Crippen LogP) is 4.95. The number of likely N-dealkylation sites (tertiary alicyclic amines) is 1. The second-order valence-corrected chi connectivity index (χ2v) is 10.2. The maximum atomic E-state index is 11.0. The summed E-state index contributed by atoms with van der Waals surface area (Å²) in [4.78, 5) is 16.7. The first-order valence-electron chi connectivity index (χ1n) is 12.4. The molecule has 0 amide bonds. The van der Waals surface area contributed by atoms with Crippen molar-refractivity contribution < 1.29 is 9.90 Å². The average molecular weight is 482 g/mol. The van der Waals surface area contributed by atoms with Gasteiger partial charge in [0.25, 0.3) is 0 Å². The van der Waals surface area contributed by atoms with Crippen molar-refractivity contribution in [3.8, 4) is 11.4 Å². The number of piperidine rings is 1. The first-order valence-corrected chi connectivity index (χ1v) is 12.7. The van der Waals surface area contributed by atoms with Crippen molar-refractivity contribution in [2.24, 2.45) is 17.8 Å². The van der Waals surface area contributed by atoms with Gasteiger partial charge in [0, 0.05) is 37.2 Å². The standard InChI is InChI=1S/C26H32ClN5O2/c27-22-4-2-1-3-21(22)26-29-25(30-31-26)20-9-10-23(28-16-20)32-13-11-19(12-14-32)18-7-5-17(6-8-18)15-24(33)34/h1-4,9-10,17-19,28H,5-8,11-16H2,(H,33,34)(H,29,30,31)/t17-,18+. The van der Waals surface area contributed by atoms with E-state index in [4.69, 9.17) is 16.7 Å². The number of aromatic amines is 1. The molecule has 0 spiro atoms. The molecule has 3 heterocycles. The predicted molar refractivity (Wildman–Crippen MR) is 133 cm³/mol. The van der Waals surface area contributed by atoms with Crippen LogP contribution in [0.4, 0.5) is 0 Å². The average Bonchev–Trinajstić information content (AvgIpc) is 3.35. The first kappa shape index (κ1) is 23.0. The van der Waals surface area contributed by atoms with Crippen LogP contribution in [0.2, 0.25) is 5.02 Å². The molecular weight excluding hydrogens is 450 g/mol. The molecule has 0 radical (unpaired) electrons. The number of aromatic nitrogens is 3. The summed E-state index contributed by atoms with van der Waals surface area (Å²) < 4.78 is 0. The van der Waals surface area contributed by atoms with Gasteiger partial charge in [0.05, 0.1) is 5.02 Å². The smallest absolute Gasteiger partial charge is 0.303 e. The summed E-state index contributed by atoms with van der Waals surface area (Å²) in [5.74, 6) is 3.90. The van der Waals surface area contributed by atoms with E-state index in [9.17, 15) is 4.79 Å². The molecule has 180 valence electrons. The number of aliphatic carboxylic acids is 1. The van der Waals surface area contributed by atoms with E-state index in [2.05, 4.69) is 37.6 Å². The highest BCUT2D eigenvalue weighted by Gasteiger charge is 2.31. The highest BCUT2D eigenvalue weighted by molar-refractivity contribution is 6.33. The third kappa shape index (κ3) is 5.14. The van der Waals surface area contributed by atoms with Gasteiger partial charge in [-0.15, -0.1) is 10.2 Å². The molecule has 7 nitrogen and oxygen atoms in total. The Balaban J connectivity index is 1.15. The highest BCUT2D eigenvalue weighted by atomic mass is 35.5. The zero-order chi connectivity index (χ0) is 23.5. The van der Waals surface area contributed by atoms with Gasteiger partial charge < -0.3 is 20.3 Å². The van der Waals surface area contributed by atoms with Gasteiger partial charge in [-0.3, -0.25) is 4.79 Å². The van der Waals surface area contributed by atoms with Crippen LogP contribution in [0.3, 0.4) is 0 Å². The maximum absolute atomic E-state index is 11.0. The van der Waals surface area contributed by atoms with E-state index in [-0.39, 0.29) is 0 Å². The van der Waals surface area contributed by atoms with Crippen LogP contribution >= 0.6 is 11.6 Å². The number of carbonyl (C=O) groups is 1. The van der Waals surface area contributed by atoms with Crippen LogP contribution in [0.15, 0.2) is 42.2 Å². The summed E-state index contributed by atoms with van der Waals surface area (Å²) in [7, 11) is 0. The van der Waals surface area contributed by atoms with Crippen LogP contribution in [0.25, 0.3) is 17.0 Å². The molecule has 1 aliphatic carbocycles. The SMILES string of the molecule is O=C(O)C[C@H]1CC[C@@H](C2CCN(C3=CC=C(c4nnc(-c5ccccc5Cl)[nH]4)CN3)CC2)CC1. The fraction of sp³-hybridized carbons (Fsp3) is 0.500. The maximum Gasteiger partial charge on any atom is 0.303 e. The Morgan fingerprint density at radius 3 is 2.38 bits per heavy atom. The summed E-state index contributed by atoms with van der Waals surface area (Å²) in [6, 6.07) is 7.62. The number of H-pyrrole nitrogens is 1. The molecule has 1 aromatic carbocycles. The number of benzene rings is 1. The molecule has 1 saturated heterocycles. The van der Waals surface area contributed by atoms with Crippen molar-refractivity contribution >= 4 is 23.1 Å². The van der Waals surface area contributed by atoms with Gasteiger partial charge in [0.2, 0.25) is 0 Å². The van der Waals surface area contributed by atoms with Crippen molar-refractivity contribution in [3.05, 3.63) is 53.1 Å². The number of carboxylic acids is 1. The number of carboxylic acid groups (broad SMARTS) is 1. The Labute approximate surface area is 205 Å². The van der Waals surface area contributed by atoms with E-state index in [1.807, 2.05) is 24.3 Å². The topological polar surface area (TPSA) is 94.1 Å². The summed E-state index contributed by atoms with van der Waals surface area (Å²) in [5.41, 5.74) is 1.92. The Kier molecular flexibility index (Phi) is 6.90. The quantitative estimate of drug-likeness (QED) is 0.540. The molecule has 5 rings (SSSR count). The van der Waals surface area contributed by atoms with Gasteiger partial charge >= 0.3 is 5.97 Å². The Hall–Kier alpha value is -2.80. The van der Waals surface area contributed by atoms with Crippen LogP contribution in [0.1, 0.15) is 50.8 Å². The van der Waals surface area contributed by atoms with Crippen LogP contribution in [-0.2, 0) is 4.79 Å². The molecule has 0 atom stereocenters. The monoisotopic (exact) mass is 481 g/mol.